The van der Waals surface area contributed by atoms with Gasteiger partial charge in [0.1, 0.15) is 5.01 Å². The van der Waals surface area contributed by atoms with Crippen LogP contribution in [0.25, 0.3) is 21.0 Å². The molecule has 0 aliphatic carbocycles. The first-order valence-electron chi connectivity index (χ1n) is 5.96. The minimum atomic E-state index is -0.105. The van der Waals surface area contributed by atoms with Crippen LogP contribution < -0.4 is 5.56 Å². The summed E-state index contributed by atoms with van der Waals surface area (Å²) in [6, 6.07) is 13.6. The highest BCUT2D eigenvalue weighted by Gasteiger charge is 2.11. The summed E-state index contributed by atoms with van der Waals surface area (Å²) in [5.74, 6) is 0. The molecule has 0 spiro atoms. The highest BCUT2D eigenvalue weighted by molar-refractivity contribution is 7.18. The Morgan fingerprint density at radius 3 is 2.63 bits per heavy atom. The lowest BCUT2D eigenvalue weighted by atomic mass is 10.2. The van der Waals surface area contributed by atoms with Crippen molar-refractivity contribution in [2.45, 2.75) is 6.92 Å². The Morgan fingerprint density at radius 1 is 1.11 bits per heavy atom. The van der Waals surface area contributed by atoms with Gasteiger partial charge in [0.05, 0.1) is 10.6 Å². The minimum absolute atomic E-state index is 0.105. The molecule has 0 bridgehead atoms. The maximum atomic E-state index is 11.3. The zero-order valence-electron chi connectivity index (χ0n) is 10.4. The summed E-state index contributed by atoms with van der Waals surface area (Å²) in [6.07, 6.45) is 1.65. The lowest BCUT2D eigenvalue weighted by molar-refractivity contribution is 1.22. The summed E-state index contributed by atoms with van der Waals surface area (Å²) in [5, 5.41) is 0.877. The van der Waals surface area contributed by atoms with Crippen LogP contribution in [0, 0.1) is 6.92 Å². The highest BCUT2D eigenvalue weighted by Crippen LogP contribution is 2.34. The van der Waals surface area contributed by atoms with Crippen molar-refractivity contribution in [3.8, 4) is 21.0 Å². The summed E-state index contributed by atoms with van der Waals surface area (Å²) in [6.45, 7) is 2.00. The Bertz CT molecular complexity index is 759. The number of pyridine rings is 1. The van der Waals surface area contributed by atoms with E-state index in [4.69, 9.17) is 0 Å². The molecule has 3 aromatic rings. The van der Waals surface area contributed by atoms with E-state index in [1.165, 1.54) is 0 Å². The van der Waals surface area contributed by atoms with Gasteiger partial charge in [-0.25, -0.2) is 4.98 Å². The van der Waals surface area contributed by atoms with Gasteiger partial charge in [-0.2, -0.15) is 0 Å². The zero-order valence-corrected chi connectivity index (χ0v) is 11.2. The van der Waals surface area contributed by atoms with Gasteiger partial charge in [0.15, 0.2) is 0 Å². The number of hydrogen-bond acceptors (Lipinski definition) is 3. The SMILES string of the molecule is Cc1nc(-c2cc[nH]c(=O)c2)sc1-c1ccccc1. The lowest BCUT2D eigenvalue weighted by Crippen LogP contribution is -2.01. The van der Waals surface area contributed by atoms with E-state index >= 15 is 0 Å². The Hall–Kier alpha value is -2.20. The van der Waals surface area contributed by atoms with Crippen molar-refractivity contribution in [1.82, 2.24) is 9.97 Å². The molecule has 0 aliphatic rings. The maximum Gasteiger partial charge on any atom is 0.248 e. The molecule has 0 saturated heterocycles. The molecule has 3 nitrogen and oxygen atoms in total. The van der Waals surface area contributed by atoms with Gasteiger partial charge in [0.25, 0.3) is 0 Å². The van der Waals surface area contributed by atoms with Gasteiger partial charge in [-0.1, -0.05) is 30.3 Å². The fourth-order valence-electron chi connectivity index (χ4n) is 1.95. The van der Waals surface area contributed by atoms with E-state index in [9.17, 15) is 4.79 Å². The second-order valence-electron chi connectivity index (χ2n) is 4.24. The first-order valence-corrected chi connectivity index (χ1v) is 6.77. The molecule has 0 fully saturated rings. The minimum Gasteiger partial charge on any atom is -0.329 e. The van der Waals surface area contributed by atoms with E-state index in [-0.39, 0.29) is 5.56 Å². The van der Waals surface area contributed by atoms with E-state index in [2.05, 4.69) is 22.1 Å². The van der Waals surface area contributed by atoms with Gasteiger partial charge < -0.3 is 4.98 Å². The molecule has 19 heavy (non-hydrogen) atoms. The van der Waals surface area contributed by atoms with Crippen LogP contribution in [0.4, 0.5) is 0 Å². The van der Waals surface area contributed by atoms with Gasteiger partial charge in [0, 0.05) is 17.8 Å². The van der Waals surface area contributed by atoms with E-state index in [0.29, 0.717) is 0 Å². The van der Waals surface area contributed by atoms with Gasteiger partial charge in [-0.05, 0) is 18.6 Å². The molecule has 4 heteroatoms. The molecule has 2 aromatic heterocycles. The van der Waals surface area contributed by atoms with Crippen LogP contribution >= 0.6 is 11.3 Å². The molecule has 0 atom stereocenters. The first kappa shape index (κ1) is 11.9. The molecular formula is C15H12N2OS. The van der Waals surface area contributed by atoms with Crippen LogP contribution in [-0.2, 0) is 0 Å². The molecule has 2 heterocycles. The molecule has 0 unspecified atom stereocenters. The van der Waals surface area contributed by atoms with Crippen LogP contribution in [-0.4, -0.2) is 9.97 Å². The Morgan fingerprint density at radius 2 is 1.89 bits per heavy atom. The monoisotopic (exact) mass is 268 g/mol. The predicted octanol–water partition coefficient (Wildman–Crippen LogP) is 3.47. The summed E-state index contributed by atoms with van der Waals surface area (Å²) < 4.78 is 0. The molecule has 1 aromatic carbocycles. The Kier molecular flexibility index (Phi) is 3.01. The predicted molar refractivity (Wildman–Crippen MR) is 78.3 cm³/mol. The third-order valence-electron chi connectivity index (χ3n) is 2.85. The molecule has 0 amide bonds. The second-order valence-corrected chi connectivity index (χ2v) is 5.24. The number of hydrogen-bond donors (Lipinski definition) is 1. The third kappa shape index (κ3) is 2.35. The van der Waals surface area contributed by atoms with Crippen molar-refractivity contribution in [1.29, 1.82) is 0 Å². The fraction of sp³-hybridized carbons (Fsp3) is 0.0667. The zero-order chi connectivity index (χ0) is 13.2. The number of nitrogens with one attached hydrogen (secondary N) is 1. The molecular weight excluding hydrogens is 256 g/mol. The molecule has 3 rings (SSSR count). The van der Waals surface area contributed by atoms with Crippen LogP contribution in [0.2, 0.25) is 0 Å². The van der Waals surface area contributed by atoms with Crippen molar-refractivity contribution in [3.05, 3.63) is 64.7 Å². The average Bonchev–Trinajstić information content (AvgIpc) is 2.82. The van der Waals surface area contributed by atoms with Gasteiger partial charge in [-0.15, -0.1) is 11.3 Å². The number of thiazole rings is 1. The van der Waals surface area contributed by atoms with Crippen molar-refractivity contribution in [3.63, 3.8) is 0 Å². The smallest absolute Gasteiger partial charge is 0.248 e. The van der Waals surface area contributed by atoms with Gasteiger partial charge in [0.2, 0.25) is 5.56 Å². The Balaban J connectivity index is 2.10. The second kappa shape index (κ2) is 4.82. The summed E-state index contributed by atoms with van der Waals surface area (Å²) >= 11 is 1.61. The van der Waals surface area contributed by atoms with E-state index in [1.807, 2.05) is 31.2 Å². The standard InChI is InChI=1S/C15H12N2OS/c1-10-14(11-5-3-2-4-6-11)19-15(17-10)12-7-8-16-13(18)9-12/h2-9H,1H3,(H,16,18). The highest BCUT2D eigenvalue weighted by atomic mass is 32.1. The topological polar surface area (TPSA) is 45.8 Å². The largest absolute Gasteiger partial charge is 0.329 e. The van der Waals surface area contributed by atoms with Gasteiger partial charge >= 0.3 is 0 Å². The number of H-pyrrole nitrogens is 1. The summed E-state index contributed by atoms with van der Waals surface area (Å²) in [5.41, 5.74) is 2.91. The van der Waals surface area contributed by atoms with E-state index in [0.717, 1.165) is 26.7 Å². The normalized spacial score (nSPS) is 10.6. The number of nitrogens with zero attached hydrogens (tertiary/aromatic N) is 1. The Labute approximate surface area is 114 Å². The van der Waals surface area contributed by atoms with Crippen LogP contribution in [0.15, 0.2) is 53.5 Å². The lowest BCUT2D eigenvalue weighted by Gasteiger charge is -1.96. The molecule has 0 saturated carbocycles. The average molecular weight is 268 g/mol. The van der Waals surface area contributed by atoms with Crippen molar-refractivity contribution < 1.29 is 0 Å². The van der Waals surface area contributed by atoms with Crippen molar-refractivity contribution >= 4 is 11.3 Å². The molecule has 1 N–H and O–H groups in total. The van der Waals surface area contributed by atoms with E-state index in [1.54, 1.807) is 23.6 Å². The van der Waals surface area contributed by atoms with Crippen LogP contribution in [0.3, 0.4) is 0 Å². The van der Waals surface area contributed by atoms with Crippen LogP contribution in [0.5, 0.6) is 0 Å². The number of aromatic amines is 1. The summed E-state index contributed by atoms with van der Waals surface area (Å²) in [4.78, 5) is 19.7. The first-order chi connectivity index (χ1) is 9.24. The number of benzene rings is 1. The quantitative estimate of drug-likeness (QED) is 0.773. The van der Waals surface area contributed by atoms with E-state index < -0.39 is 0 Å². The molecule has 0 radical (unpaired) electrons. The molecule has 0 aliphatic heterocycles. The number of aryl methyl sites for hydroxylation is 1. The third-order valence-corrected chi connectivity index (χ3v) is 4.11. The van der Waals surface area contributed by atoms with Crippen LogP contribution in [0.1, 0.15) is 5.69 Å². The maximum absolute atomic E-state index is 11.3. The van der Waals surface area contributed by atoms with Crippen molar-refractivity contribution in [2.24, 2.45) is 0 Å². The van der Waals surface area contributed by atoms with Crippen molar-refractivity contribution in [2.75, 3.05) is 0 Å². The van der Waals surface area contributed by atoms with Gasteiger partial charge in [-0.3, -0.25) is 4.79 Å². The fourth-order valence-corrected chi connectivity index (χ4v) is 3.02. The molecule has 94 valence electrons. The number of aromatic nitrogens is 2. The number of rotatable bonds is 2. The summed E-state index contributed by atoms with van der Waals surface area (Å²) in [7, 11) is 0.